The highest BCUT2D eigenvalue weighted by molar-refractivity contribution is 6.00. The van der Waals surface area contributed by atoms with Crippen molar-refractivity contribution in [1.29, 1.82) is 0 Å². The fraction of sp³-hybridized carbons (Fsp3) is 0.115. The third kappa shape index (κ3) is 2.83. The summed E-state index contributed by atoms with van der Waals surface area (Å²) in [4.78, 5) is 30.1. The number of anilines is 1. The summed E-state index contributed by atoms with van der Waals surface area (Å²) in [7, 11) is 0. The van der Waals surface area contributed by atoms with Gasteiger partial charge in [-0.2, -0.15) is 0 Å². The number of aliphatic hydroxyl groups is 1. The van der Waals surface area contributed by atoms with Crippen LogP contribution in [0.3, 0.4) is 0 Å². The summed E-state index contributed by atoms with van der Waals surface area (Å²) >= 11 is 0. The second kappa shape index (κ2) is 7.15. The van der Waals surface area contributed by atoms with Gasteiger partial charge in [-0.25, -0.2) is 9.78 Å². The van der Waals surface area contributed by atoms with Gasteiger partial charge in [0.1, 0.15) is 6.61 Å². The van der Waals surface area contributed by atoms with Crippen molar-refractivity contribution in [2.75, 3.05) is 5.32 Å². The summed E-state index contributed by atoms with van der Waals surface area (Å²) < 4.78 is 6.64. The van der Waals surface area contributed by atoms with Gasteiger partial charge in [0.2, 0.25) is 0 Å². The number of ether oxygens (including phenoxy) is 1. The molecule has 0 saturated carbocycles. The molecular formula is C26H19N3O4. The van der Waals surface area contributed by atoms with Gasteiger partial charge >= 0.3 is 5.97 Å². The molecule has 0 bridgehead atoms. The molecule has 0 fully saturated rings. The Kier molecular flexibility index (Phi) is 4.21. The number of carbonyl (C=O) groups excluding carboxylic acids is 1. The van der Waals surface area contributed by atoms with E-state index in [0.717, 1.165) is 33.3 Å². The number of hydrogen-bond donors (Lipinski definition) is 2. The van der Waals surface area contributed by atoms with Crippen LogP contribution in [0.2, 0.25) is 0 Å². The van der Waals surface area contributed by atoms with Crippen LogP contribution in [0.1, 0.15) is 22.8 Å². The number of para-hydroxylation sites is 1. The molecule has 4 aromatic rings. The van der Waals surface area contributed by atoms with Gasteiger partial charge in [0.25, 0.3) is 5.56 Å². The second-order valence-corrected chi connectivity index (χ2v) is 8.12. The first-order chi connectivity index (χ1) is 16.1. The van der Waals surface area contributed by atoms with E-state index < -0.39 is 12.1 Å². The van der Waals surface area contributed by atoms with E-state index in [-0.39, 0.29) is 12.2 Å². The number of nitrogens with zero attached hydrogens (tertiary/aromatic N) is 2. The second-order valence-electron chi connectivity index (χ2n) is 8.12. The maximum atomic E-state index is 13.3. The number of aromatic nitrogens is 2. The SMILES string of the molecule is C=CNc1ccc(-c2c3c(nc4ccccc24)-c2cc4c(c(=O)n2C3)COC(=O)[C@H]4O)cc1. The minimum absolute atomic E-state index is 0.138. The van der Waals surface area contributed by atoms with Crippen molar-refractivity contribution in [3.8, 4) is 22.5 Å². The third-order valence-electron chi connectivity index (χ3n) is 6.31. The zero-order valence-corrected chi connectivity index (χ0v) is 17.5. The number of benzene rings is 2. The predicted octanol–water partition coefficient (Wildman–Crippen LogP) is 3.74. The van der Waals surface area contributed by atoms with Crippen molar-refractivity contribution in [3.05, 3.63) is 94.4 Å². The molecule has 0 amide bonds. The first-order valence-corrected chi connectivity index (χ1v) is 10.6. The largest absolute Gasteiger partial charge is 0.458 e. The molecule has 0 radical (unpaired) electrons. The average Bonchev–Trinajstić information content (AvgIpc) is 3.19. The number of aliphatic hydroxyl groups excluding tert-OH is 1. The fourth-order valence-electron chi connectivity index (χ4n) is 4.76. The minimum Gasteiger partial charge on any atom is -0.458 e. The monoisotopic (exact) mass is 437 g/mol. The molecule has 2 aliphatic rings. The minimum atomic E-state index is -1.47. The lowest BCUT2D eigenvalue weighted by atomic mass is 9.94. The summed E-state index contributed by atoms with van der Waals surface area (Å²) in [5, 5.41) is 14.4. The van der Waals surface area contributed by atoms with Crippen molar-refractivity contribution < 1.29 is 14.6 Å². The predicted molar refractivity (Wildman–Crippen MR) is 125 cm³/mol. The number of fused-ring (bicyclic) bond motifs is 5. The zero-order chi connectivity index (χ0) is 22.7. The van der Waals surface area contributed by atoms with Gasteiger partial charge in [-0.05, 0) is 41.6 Å². The Morgan fingerprint density at radius 1 is 1.12 bits per heavy atom. The quantitative estimate of drug-likeness (QED) is 0.418. The van der Waals surface area contributed by atoms with Crippen molar-refractivity contribution >= 4 is 22.6 Å². The standard InChI is InChI=1S/C26H19N3O4/c1-2-27-15-9-7-14(8-10-15)22-16-5-3-4-6-20(16)28-23-18(22)12-29-21(23)11-17-19(25(29)31)13-33-26(32)24(17)30/h2-11,24,27,30H,1,12-13H2/t24-/m0/s1. The lowest BCUT2D eigenvalue weighted by molar-refractivity contribution is -0.157. The number of pyridine rings is 2. The molecule has 7 nitrogen and oxygen atoms in total. The molecule has 0 unspecified atom stereocenters. The Morgan fingerprint density at radius 2 is 1.91 bits per heavy atom. The number of nitrogens with one attached hydrogen (secondary N) is 1. The van der Waals surface area contributed by atoms with Gasteiger partial charge in [-0.1, -0.05) is 36.9 Å². The van der Waals surface area contributed by atoms with Crippen LogP contribution in [-0.4, -0.2) is 20.6 Å². The average molecular weight is 437 g/mol. The van der Waals surface area contributed by atoms with E-state index in [2.05, 4.69) is 11.9 Å². The Balaban J connectivity index is 1.62. The van der Waals surface area contributed by atoms with Crippen LogP contribution < -0.4 is 10.9 Å². The smallest absolute Gasteiger partial charge is 0.340 e. The van der Waals surface area contributed by atoms with Crippen LogP contribution in [0.25, 0.3) is 33.4 Å². The van der Waals surface area contributed by atoms with Crippen LogP contribution in [0, 0.1) is 0 Å². The first kappa shape index (κ1) is 19.5. The molecule has 2 aromatic heterocycles. The van der Waals surface area contributed by atoms with E-state index >= 15 is 0 Å². The van der Waals surface area contributed by atoms with Crippen molar-refractivity contribution in [2.45, 2.75) is 19.3 Å². The molecule has 162 valence electrons. The molecule has 0 spiro atoms. The molecule has 7 heteroatoms. The molecule has 2 N–H and O–H groups in total. The topological polar surface area (TPSA) is 93.5 Å². The summed E-state index contributed by atoms with van der Waals surface area (Å²) in [5.41, 5.74) is 6.29. The van der Waals surface area contributed by atoms with E-state index in [0.29, 0.717) is 29.1 Å². The Bertz CT molecular complexity index is 1540. The highest BCUT2D eigenvalue weighted by atomic mass is 16.5. The summed E-state index contributed by atoms with van der Waals surface area (Å²) in [6.45, 7) is 3.91. The highest BCUT2D eigenvalue weighted by Crippen LogP contribution is 2.42. The number of cyclic esters (lactones) is 1. The number of hydrogen-bond acceptors (Lipinski definition) is 6. The van der Waals surface area contributed by atoms with Gasteiger partial charge in [0.15, 0.2) is 6.10 Å². The fourth-order valence-corrected chi connectivity index (χ4v) is 4.76. The van der Waals surface area contributed by atoms with Crippen LogP contribution in [0.5, 0.6) is 0 Å². The van der Waals surface area contributed by atoms with Crippen LogP contribution in [0.15, 0.2) is 72.2 Å². The van der Waals surface area contributed by atoms with Gasteiger partial charge in [0.05, 0.1) is 29.0 Å². The van der Waals surface area contributed by atoms with Gasteiger partial charge in [0, 0.05) is 22.2 Å². The normalized spacial score (nSPS) is 16.0. The Labute approximate surface area is 188 Å². The summed E-state index contributed by atoms with van der Waals surface area (Å²) in [6.07, 6.45) is 0.156. The molecule has 4 heterocycles. The van der Waals surface area contributed by atoms with Gasteiger partial charge in [-0.15, -0.1) is 0 Å². The Hall–Kier alpha value is -4.23. The number of esters is 1. The molecule has 2 aliphatic heterocycles. The van der Waals surface area contributed by atoms with Crippen LogP contribution in [-0.2, 0) is 22.7 Å². The molecule has 33 heavy (non-hydrogen) atoms. The van der Waals surface area contributed by atoms with E-state index in [4.69, 9.17) is 9.72 Å². The van der Waals surface area contributed by atoms with Gasteiger partial charge < -0.3 is 19.7 Å². The maximum Gasteiger partial charge on any atom is 0.340 e. The third-order valence-corrected chi connectivity index (χ3v) is 6.31. The van der Waals surface area contributed by atoms with Crippen molar-refractivity contribution in [1.82, 2.24) is 9.55 Å². The molecular weight excluding hydrogens is 418 g/mol. The maximum absolute atomic E-state index is 13.3. The molecule has 0 saturated heterocycles. The molecule has 0 aliphatic carbocycles. The first-order valence-electron chi connectivity index (χ1n) is 10.6. The number of rotatable bonds is 3. The van der Waals surface area contributed by atoms with Crippen LogP contribution in [0.4, 0.5) is 5.69 Å². The lowest BCUT2D eigenvalue weighted by Crippen LogP contribution is -2.32. The molecule has 6 rings (SSSR count). The summed E-state index contributed by atoms with van der Waals surface area (Å²) in [6, 6.07) is 17.6. The van der Waals surface area contributed by atoms with E-state index in [1.54, 1.807) is 16.8 Å². The van der Waals surface area contributed by atoms with Crippen LogP contribution >= 0.6 is 0 Å². The highest BCUT2D eigenvalue weighted by Gasteiger charge is 2.34. The van der Waals surface area contributed by atoms with E-state index in [1.807, 2.05) is 48.5 Å². The van der Waals surface area contributed by atoms with Gasteiger partial charge in [-0.3, -0.25) is 4.79 Å². The molecule has 1 atom stereocenters. The van der Waals surface area contributed by atoms with Crippen molar-refractivity contribution in [2.24, 2.45) is 0 Å². The van der Waals surface area contributed by atoms with E-state index in [9.17, 15) is 14.7 Å². The Morgan fingerprint density at radius 3 is 2.70 bits per heavy atom. The zero-order valence-electron chi connectivity index (χ0n) is 17.5. The summed E-state index contributed by atoms with van der Waals surface area (Å²) in [5.74, 6) is -0.745. The number of carbonyl (C=O) groups is 1. The molecule has 2 aromatic carbocycles. The van der Waals surface area contributed by atoms with E-state index in [1.165, 1.54) is 0 Å². The lowest BCUT2D eigenvalue weighted by Gasteiger charge is -2.21. The van der Waals surface area contributed by atoms with Crippen molar-refractivity contribution in [3.63, 3.8) is 0 Å².